The summed E-state index contributed by atoms with van der Waals surface area (Å²) in [6.45, 7) is 2.58. The summed E-state index contributed by atoms with van der Waals surface area (Å²) >= 11 is 5.66. The van der Waals surface area contributed by atoms with Crippen LogP contribution in [0.5, 0.6) is 0 Å². The Morgan fingerprint density at radius 2 is 2.07 bits per heavy atom. The van der Waals surface area contributed by atoms with Gasteiger partial charge in [-0.3, -0.25) is 4.79 Å². The van der Waals surface area contributed by atoms with Crippen LogP contribution >= 0.6 is 11.6 Å². The van der Waals surface area contributed by atoms with Gasteiger partial charge in [0.2, 0.25) is 0 Å². The molecule has 0 aromatic heterocycles. The molecule has 0 fully saturated rings. The number of carbonyl (C=O) groups is 1. The Hall–Kier alpha value is -0.930. The molecule has 0 saturated heterocycles. The quantitative estimate of drug-likeness (QED) is 0.771. The molecule has 1 aromatic rings. The molecule has 14 heavy (non-hydrogen) atoms. The maximum absolute atomic E-state index is 13.2. The molecule has 0 heterocycles. The Kier molecular flexibility index (Phi) is 2.92. The smallest absolute Gasteiger partial charge is 0.198 e. The fourth-order valence-corrected chi connectivity index (χ4v) is 1.27. The second kappa shape index (κ2) is 3.67. The number of benzene rings is 1. The Morgan fingerprint density at radius 1 is 1.50 bits per heavy atom. The lowest BCUT2D eigenvalue weighted by molar-refractivity contribution is 0.0483. The van der Waals surface area contributed by atoms with Crippen LogP contribution < -0.4 is 0 Å². The molecule has 0 saturated carbocycles. The van der Waals surface area contributed by atoms with E-state index in [0.717, 1.165) is 6.07 Å². The number of aliphatic hydroxyl groups is 1. The van der Waals surface area contributed by atoms with Gasteiger partial charge in [-0.2, -0.15) is 0 Å². The Morgan fingerprint density at radius 3 is 2.50 bits per heavy atom. The predicted molar refractivity (Wildman–Crippen MR) is 52.0 cm³/mol. The summed E-state index contributed by atoms with van der Waals surface area (Å²) in [6, 6.07) is 3.94. The van der Waals surface area contributed by atoms with E-state index in [0.29, 0.717) is 0 Å². The first kappa shape index (κ1) is 11.1. The second-order valence-corrected chi connectivity index (χ2v) is 3.89. The molecule has 0 atom stereocenters. The van der Waals surface area contributed by atoms with E-state index in [1.54, 1.807) is 0 Å². The summed E-state index contributed by atoms with van der Waals surface area (Å²) in [5.74, 6) is -1.44. The van der Waals surface area contributed by atoms with Crippen molar-refractivity contribution in [3.63, 3.8) is 0 Å². The largest absolute Gasteiger partial charge is 0.382 e. The molecule has 0 aliphatic heterocycles. The van der Waals surface area contributed by atoms with Crippen LogP contribution in [0.4, 0.5) is 4.39 Å². The third kappa shape index (κ3) is 2.11. The Balaban J connectivity index is 3.26. The molecule has 1 rings (SSSR count). The molecule has 1 aromatic carbocycles. The zero-order valence-corrected chi connectivity index (χ0v) is 8.60. The SMILES string of the molecule is CC(C)(O)C(=O)c1c(F)cccc1Cl. The van der Waals surface area contributed by atoms with Crippen molar-refractivity contribution in [3.05, 3.63) is 34.6 Å². The van der Waals surface area contributed by atoms with E-state index in [2.05, 4.69) is 0 Å². The van der Waals surface area contributed by atoms with Crippen molar-refractivity contribution in [2.24, 2.45) is 0 Å². The first-order valence-corrected chi connectivity index (χ1v) is 4.43. The first-order valence-electron chi connectivity index (χ1n) is 4.05. The van der Waals surface area contributed by atoms with Gasteiger partial charge in [0, 0.05) is 0 Å². The molecule has 2 nitrogen and oxygen atoms in total. The van der Waals surface area contributed by atoms with Gasteiger partial charge in [0.25, 0.3) is 0 Å². The van der Waals surface area contributed by atoms with E-state index in [-0.39, 0.29) is 10.6 Å². The van der Waals surface area contributed by atoms with Gasteiger partial charge >= 0.3 is 0 Å². The lowest BCUT2D eigenvalue weighted by Gasteiger charge is -2.16. The van der Waals surface area contributed by atoms with Crippen molar-refractivity contribution in [1.29, 1.82) is 0 Å². The zero-order chi connectivity index (χ0) is 10.9. The van der Waals surface area contributed by atoms with Crippen LogP contribution in [0.1, 0.15) is 24.2 Å². The van der Waals surface area contributed by atoms with Gasteiger partial charge in [-0.1, -0.05) is 17.7 Å². The number of halogens is 2. The van der Waals surface area contributed by atoms with Crippen LogP contribution in [0.15, 0.2) is 18.2 Å². The highest BCUT2D eigenvalue weighted by atomic mass is 35.5. The van der Waals surface area contributed by atoms with Gasteiger partial charge in [-0.05, 0) is 26.0 Å². The van der Waals surface area contributed by atoms with E-state index in [9.17, 15) is 14.3 Å². The molecular weight excluding hydrogens is 207 g/mol. The third-order valence-electron chi connectivity index (χ3n) is 1.75. The molecule has 76 valence electrons. The highest BCUT2D eigenvalue weighted by Gasteiger charge is 2.29. The minimum atomic E-state index is -1.62. The van der Waals surface area contributed by atoms with Gasteiger partial charge in [-0.15, -0.1) is 0 Å². The maximum Gasteiger partial charge on any atom is 0.198 e. The van der Waals surface area contributed by atoms with Crippen molar-refractivity contribution in [2.45, 2.75) is 19.4 Å². The monoisotopic (exact) mass is 216 g/mol. The number of rotatable bonds is 2. The minimum Gasteiger partial charge on any atom is -0.382 e. The average Bonchev–Trinajstić information content (AvgIpc) is 2.01. The number of hydrogen-bond donors (Lipinski definition) is 1. The molecule has 0 aliphatic carbocycles. The van der Waals surface area contributed by atoms with E-state index < -0.39 is 17.2 Å². The number of carbonyl (C=O) groups excluding carboxylic acids is 1. The van der Waals surface area contributed by atoms with Crippen molar-refractivity contribution in [2.75, 3.05) is 0 Å². The van der Waals surface area contributed by atoms with Gasteiger partial charge < -0.3 is 5.11 Å². The number of hydrogen-bond acceptors (Lipinski definition) is 2. The van der Waals surface area contributed by atoms with Crippen molar-refractivity contribution in [3.8, 4) is 0 Å². The molecule has 4 heteroatoms. The first-order chi connectivity index (χ1) is 6.34. The highest BCUT2D eigenvalue weighted by Crippen LogP contribution is 2.23. The molecule has 0 radical (unpaired) electrons. The van der Waals surface area contributed by atoms with Gasteiger partial charge in [-0.25, -0.2) is 4.39 Å². The van der Waals surface area contributed by atoms with Crippen molar-refractivity contribution in [1.82, 2.24) is 0 Å². The van der Waals surface area contributed by atoms with Crippen molar-refractivity contribution < 1.29 is 14.3 Å². The molecule has 0 aliphatic rings. The van der Waals surface area contributed by atoms with E-state index in [1.807, 2.05) is 0 Å². The van der Waals surface area contributed by atoms with Crippen LogP contribution in [0.2, 0.25) is 5.02 Å². The van der Waals surface area contributed by atoms with E-state index in [1.165, 1.54) is 26.0 Å². The summed E-state index contributed by atoms with van der Waals surface area (Å²) < 4.78 is 13.2. The number of ketones is 1. The van der Waals surface area contributed by atoms with E-state index >= 15 is 0 Å². The van der Waals surface area contributed by atoms with Crippen LogP contribution in [0.25, 0.3) is 0 Å². The summed E-state index contributed by atoms with van der Waals surface area (Å²) in [5, 5.41) is 9.42. The van der Waals surface area contributed by atoms with Gasteiger partial charge in [0.05, 0.1) is 10.6 Å². The maximum atomic E-state index is 13.2. The molecule has 0 amide bonds. The minimum absolute atomic E-state index is 0.0112. The second-order valence-electron chi connectivity index (χ2n) is 3.48. The van der Waals surface area contributed by atoms with Crippen LogP contribution in [-0.4, -0.2) is 16.5 Å². The molecule has 0 spiro atoms. The van der Waals surface area contributed by atoms with Gasteiger partial charge in [0.1, 0.15) is 11.4 Å². The lowest BCUT2D eigenvalue weighted by Crippen LogP contribution is -2.32. The van der Waals surface area contributed by atoms with Crippen molar-refractivity contribution >= 4 is 17.4 Å². The fourth-order valence-electron chi connectivity index (χ4n) is 1.02. The van der Waals surface area contributed by atoms with Crippen LogP contribution in [-0.2, 0) is 0 Å². The normalized spacial score (nSPS) is 11.5. The van der Waals surface area contributed by atoms with Crippen LogP contribution in [0, 0.1) is 5.82 Å². The van der Waals surface area contributed by atoms with E-state index in [4.69, 9.17) is 11.6 Å². The Bertz CT molecular complexity index is 349. The lowest BCUT2D eigenvalue weighted by atomic mass is 9.96. The highest BCUT2D eigenvalue weighted by molar-refractivity contribution is 6.34. The summed E-state index contributed by atoms with van der Waals surface area (Å²) in [6.07, 6.45) is 0. The molecule has 0 unspecified atom stereocenters. The fraction of sp³-hybridized carbons (Fsp3) is 0.300. The molecule has 0 bridgehead atoms. The summed E-state index contributed by atoms with van der Waals surface area (Å²) in [4.78, 5) is 11.5. The molecule has 1 N–H and O–H groups in total. The molecular formula is C10H10ClFO2. The third-order valence-corrected chi connectivity index (χ3v) is 2.06. The standard InChI is InChI=1S/C10H10ClFO2/c1-10(2,14)9(13)8-6(11)4-3-5-7(8)12/h3-5,14H,1-2H3. The summed E-state index contributed by atoms with van der Waals surface area (Å²) in [5.41, 5.74) is -1.88. The van der Waals surface area contributed by atoms with Crippen LogP contribution in [0.3, 0.4) is 0 Å². The Labute approximate surface area is 86.3 Å². The summed E-state index contributed by atoms with van der Waals surface area (Å²) in [7, 11) is 0. The topological polar surface area (TPSA) is 37.3 Å². The predicted octanol–water partition coefficient (Wildman–Crippen LogP) is 2.43. The average molecular weight is 217 g/mol. The van der Waals surface area contributed by atoms with Gasteiger partial charge in [0.15, 0.2) is 5.78 Å². The number of Topliss-reactive ketones (excluding diaryl/α,β-unsaturated/α-hetero) is 1. The zero-order valence-electron chi connectivity index (χ0n) is 7.84.